The predicted molar refractivity (Wildman–Crippen MR) is 80.7 cm³/mol. The summed E-state index contributed by atoms with van der Waals surface area (Å²) in [6.45, 7) is 0.256. The number of benzene rings is 2. The van der Waals surface area contributed by atoms with Crippen molar-refractivity contribution in [2.45, 2.75) is 12.5 Å². The van der Waals surface area contributed by atoms with Gasteiger partial charge in [-0.2, -0.15) is 5.26 Å². The Morgan fingerprint density at radius 3 is 2.70 bits per heavy atom. The van der Waals surface area contributed by atoms with Crippen LogP contribution in [-0.2, 0) is 6.42 Å². The van der Waals surface area contributed by atoms with Crippen molar-refractivity contribution >= 4 is 5.69 Å². The van der Waals surface area contributed by atoms with Crippen LogP contribution < -0.4 is 14.8 Å². The second kappa shape index (κ2) is 6.13. The number of anilines is 1. The predicted octanol–water partition coefficient (Wildman–Crippen LogP) is 3.26. The van der Waals surface area contributed by atoms with Crippen molar-refractivity contribution in [1.29, 1.82) is 5.26 Å². The number of methoxy groups -OCH3 is 1. The molecule has 1 aliphatic rings. The molecule has 23 heavy (non-hydrogen) atoms. The highest BCUT2D eigenvalue weighted by Crippen LogP contribution is 2.35. The van der Waals surface area contributed by atoms with Crippen molar-refractivity contribution in [3.05, 3.63) is 53.1 Å². The third kappa shape index (κ3) is 2.90. The fourth-order valence-corrected chi connectivity index (χ4v) is 2.63. The maximum Gasteiger partial charge on any atom is 0.164 e. The zero-order valence-electron chi connectivity index (χ0n) is 12.4. The van der Waals surface area contributed by atoms with Gasteiger partial charge in [-0.1, -0.05) is 12.1 Å². The van der Waals surface area contributed by atoms with Crippen LogP contribution in [-0.4, -0.2) is 19.8 Å². The molecular formula is C17H14F2N2O2. The molecule has 2 aromatic rings. The van der Waals surface area contributed by atoms with Crippen LogP contribution in [0.2, 0.25) is 0 Å². The summed E-state index contributed by atoms with van der Waals surface area (Å²) in [5, 5.41) is 11.5. The van der Waals surface area contributed by atoms with Crippen LogP contribution >= 0.6 is 0 Å². The van der Waals surface area contributed by atoms with E-state index in [1.807, 2.05) is 12.1 Å². The fraction of sp³-hybridized carbons (Fsp3) is 0.235. The molecule has 0 amide bonds. The number of halogens is 2. The second-order valence-corrected chi connectivity index (χ2v) is 5.23. The van der Waals surface area contributed by atoms with Gasteiger partial charge in [0.15, 0.2) is 23.1 Å². The lowest BCUT2D eigenvalue weighted by molar-refractivity contribution is 0.255. The number of nitrogens with zero attached hydrogens (tertiary/aromatic N) is 1. The van der Waals surface area contributed by atoms with Gasteiger partial charge in [0.25, 0.3) is 0 Å². The molecule has 0 spiro atoms. The maximum atomic E-state index is 14.0. The van der Waals surface area contributed by atoms with Gasteiger partial charge >= 0.3 is 0 Å². The number of nitriles is 1. The van der Waals surface area contributed by atoms with E-state index < -0.39 is 11.6 Å². The topological polar surface area (TPSA) is 54.3 Å². The van der Waals surface area contributed by atoms with Crippen LogP contribution in [0.15, 0.2) is 30.3 Å². The van der Waals surface area contributed by atoms with Crippen molar-refractivity contribution in [2.75, 3.05) is 19.0 Å². The van der Waals surface area contributed by atoms with Gasteiger partial charge in [-0.3, -0.25) is 0 Å². The molecule has 2 aromatic carbocycles. The van der Waals surface area contributed by atoms with Gasteiger partial charge in [0, 0.05) is 5.56 Å². The first kappa shape index (κ1) is 15.1. The molecule has 0 saturated heterocycles. The van der Waals surface area contributed by atoms with E-state index in [2.05, 4.69) is 5.32 Å². The fourth-order valence-electron chi connectivity index (χ4n) is 2.63. The molecule has 1 aliphatic heterocycles. The molecule has 0 aliphatic carbocycles. The van der Waals surface area contributed by atoms with Crippen molar-refractivity contribution in [3.8, 4) is 17.6 Å². The molecule has 1 heterocycles. The van der Waals surface area contributed by atoms with Crippen LogP contribution in [0.3, 0.4) is 0 Å². The van der Waals surface area contributed by atoms with E-state index in [1.54, 1.807) is 19.2 Å². The summed E-state index contributed by atoms with van der Waals surface area (Å²) < 4.78 is 38.8. The summed E-state index contributed by atoms with van der Waals surface area (Å²) in [5.41, 5.74) is 0.604. The standard InChI is InChI=1S/C17H14F2N2O2/c1-22-15-4-2-3-11-7-12(9-23-17(11)15)21-16-13(18)5-10(8-20)6-14(16)19/h2-6,12,21H,7,9H2,1H3. The average molecular weight is 316 g/mol. The SMILES string of the molecule is COc1cccc2c1OCC(Nc1c(F)cc(C#N)cc1F)C2. The van der Waals surface area contributed by atoms with Gasteiger partial charge in [-0.25, -0.2) is 8.78 Å². The molecule has 3 rings (SSSR count). The number of ether oxygens (including phenoxy) is 2. The lowest BCUT2D eigenvalue weighted by atomic mass is 10.0. The first-order valence-corrected chi connectivity index (χ1v) is 7.06. The first-order chi connectivity index (χ1) is 11.1. The highest BCUT2D eigenvalue weighted by molar-refractivity contribution is 5.53. The minimum Gasteiger partial charge on any atom is -0.493 e. The lowest BCUT2D eigenvalue weighted by Crippen LogP contribution is -2.34. The number of fused-ring (bicyclic) bond motifs is 1. The summed E-state index contributed by atoms with van der Waals surface area (Å²) >= 11 is 0. The van der Waals surface area contributed by atoms with Gasteiger partial charge in [-0.15, -0.1) is 0 Å². The van der Waals surface area contributed by atoms with E-state index >= 15 is 0 Å². The van der Waals surface area contributed by atoms with Gasteiger partial charge in [-0.05, 0) is 24.6 Å². The van der Waals surface area contributed by atoms with Crippen LogP contribution in [0.5, 0.6) is 11.5 Å². The van der Waals surface area contributed by atoms with Crippen molar-refractivity contribution in [1.82, 2.24) is 0 Å². The summed E-state index contributed by atoms with van der Waals surface area (Å²) in [6.07, 6.45) is 0.547. The molecule has 1 unspecified atom stereocenters. The minimum absolute atomic E-state index is 0.0551. The molecule has 4 nitrogen and oxygen atoms in total. The molecule has 0 aromatic heterocycles. The molecule has 6 heteroatoms. The van der Waals surface area contributed by atoms with E-state index in [0.29, 0.717) is 17.9 Å². The molecule has 118 valence electrons. The van der Waals surface area contributed by atoms with E-state index in [-0.39, 0.29) is 23.9 Å². The zero-order valence-corrected chi connectivity index (χ0v) is 12.4. The van der Waals surface area contributed by atoms with Gasteiger partial charge in [0.2, 0.25) is 0 Å². The Balaban J connectivity index is 1.82. The van der Waals surface area contributed by atoms with E-state index in [1.165, 1.54) is 0 Å². The normalized spacial score (nSPS) is 16.0. The number of nitrogens with one attached hydrogen (secondary N) is 1. The second-order valence-electron chi connectivity index (χ2n) is 5.23. The zero-order chi connectivity index (χ0) is 16.4. The monoisotopic (exact) mass is 316 g/mol. The largest absolute Gasteiger partial charge is 0.493 e. The summed E-state index contributed by atoms with van der Waals surface area (Å²) in [4.78, 5) is 0. The highest BCUT2D eigenvalue weighted by Gasteiger charge is 2.24. The third-order valence-electron chi connectivity index (χ3n) is 3.70. The number of rotatable bonds is 3. The molecular weight excluding hydrogens is 302 g/mol. The summed E-state index contributed by atoms with van der Waals surface area (Å²) in [6, 6.07) is 8.97. The smallest absolute Gasteiger partial charge is 0.164 e. The Hall–Kier alpha value is -2.81. The number of para-hydroxylation sites is 1. The van der Waals surface area contributed by atoms with Crippen LogP contribution in [0.4, 0.5) is 14.5 Å². The van der Waals surface area contributed by atoms with Crippen LogP contribution in [0.1, 0.15) is 11.1 Å². The molecule has 1 N–H and O–H groups in total. The van der Waals surface area contributed by atoms with E-state index in [9.17, 15) is 8.78 Å². The van der Waals surface area contributed by atoms with Crippen LogP contribution in [0, 0.1) is 23.0 Å². The van der Waals surface area contributed by atoms with Gasteiger partial charge in [0.1, 0.15) is 12.3 Å². The highest BCUT2D eigenvalue weighted by atomic mass is 19.1. The Morgan fingerprint density at radius 2 is 2.04 bits per heavy atom. The van der Waals surface area contributed by atoms with Crippen molar-refractivity contribution < 1.29 is 18.3 Å². The Morgan fingerprint density at radius 1 is 1.30 bits per heavy atom. The van der Waals surface area contributed by atoms with Crippen molar-refractivity contribution in [3.63, 3.8) is 0 Å². The number of hydrogen-bond donors (Lipinski definition) is 1. The molecule has 1 atom stereocenters. The van der Waals surface area contributed by atoms with Crippen molar-refractivity contribution in [2.24, 2.45) is 0 Å². The Kier molecular flexibility index (Phi) is 4.02. The van der Waals surface area contributed by atoms with E-state index in [4.69, 9.17) is 14.7 Å². The first-order valence-electron chi connectivity index (χ1n) is 7.06. The summed E-state index contributed by atoms with van der Waals surface area (Å²) in [5.74, 6) is -0.290. The third-order valence-corrected chi connectivity index (χ3v) is 3.70. The van der Waals surface area contributed by atoms with Gasteiger partial charge in [0.05, 0.1) is 24.8 Å². The Labute approximate surface area is 132 Å². The number of hydrogen-bond acceptors (Lipinski definition) is 4. The minimum atomic E-state index is -0.794. The molecule has 0 fully saturated rings. The molecule has 0 bridgehead atoms. The average Bonchev–Trinajstić information content (AvgIpc) is 2.57. The Bertz CT molecular complexity index is 764. The van der Waals surface area contributed by atoms with Crippen LogP contribution in [0.25, 0.3) is 0 Å². The summed E-state index contributed by atoms with van der Waals surface area (Å²) in [7, 11) is 1.56. The quantitative estimate of drug-likeness (QED) is 0.944. The molecule has 0 saturated carbocycles. The molecule has 0 radical (unpaired) electrons. The van der Waals surface area contributed by atoms with Gasteiger partial charge < -0.3 is 14.8 Å². The lowest BCUT2D eigenvalue weighted by Gasteiger charge is -2.28. The van der Waals surface area contributed by atoms with E-state index in [0.717, 1.165) is 17.7 Å². The maximum absolute atomic E-state index is 14.0.